The quantitative estimate of drug-likeness (QED) is 0.248. The molecule has 0 aliphatic rings. The molecule has 0 saturated carbocycles. The Bertz CT molecular complexity index is 2170. The molecule has 0 unspecified atom stereocenters. The summed E-state index contributed by atoms with van der Waals surface area (Å²) in [6.07, 6.45) is 3.07. The average molecular weight is 592 g/mol. The predicted molar refractivity (Wildman–Crippen MR) is 160 cm³/mol. The third-order valence-electron chi connectivity index (χ3n) is 6.88. The zero-order valence-electron chi connectivity index (χ0n) is 21.8. The molecule has 0 radical (unpaired) electrons. The van der Waals surface area contributed by atoms with Gasteiger partial charge >= 0.3 is 0 Å². The van der Waals surface area contributed by atoms with Crippen LogP contribution in [0.25, 0.3) is 44.8 Å². The third kappa shape index (κ3) is 4.09. The van der Waals surface area contributed by atoms with Gasteiger partial charge < -0.3 is 0 Å². The van der Waals surface area contributed by atoms with Crippen LogP contribution in [-0.2, 0) is 20.0 Å². The second kappa shape index (κ2) is 9.75. The molecule has 0 amide bonds. The number of fused-ring (bicyclic) bond motifs is 2. The highest BCUT2D eigenvalue weighted by atomic mass is 32.2. The Labute approximate surface area is 241 Å². The summed E-state index contributed by atoms with van der Waals surface area (Å²) in [7, 11) is -8.13. The number of pyridine rings is 3. The van der Waals surface area contributed by atoms with Gasteiger partial charge in [0.15, 0.2) is 11.3 Å². The van der Waals surface area contributed by atoms with E-state index in [1.54, 1.807) is 91.0 Å². The highest BCUT2D eigenvalue weighted by molar-refractivity contribution is 7.90. The fourth-order valence-electron chi connectivity index (χ4n) is 4.98. The van der Waals surface area contributed by atoms with Gasteiger partial charge in [0.2, 0.25) is 0 Å². The Hall–Kier alpha value is -5.13. The van der Waals surface area contributed by atoms with Crippen LogP contribution in [0.1, 0.15) is 0 Å². The van der Waals surface area contributed by atoms with Crippen molar-refractivity contribution in [2.24, 2.45) is 0 Å². The van der Waals surface area contributed by atoms with Crippen molar-refractivity contribution in [1.82, 2.24) is 22.9 Å². The van der Waals surface area contributed by atoms with Gasteiger partial charge in [-0.3, -0.25) is 0 Å². The lowest BCUT2D eigenvalue weighted by molar-refractivity contribution is 0.587. The van der Waals surface area contributed by atoms with Gasteiger partial charge in [-0.15, -0.1) is 0 Å². The molecule has 2 aromatic carbocycles. The number of aromatic nitrogens is 5. The minimum Gasteiger partial charge on any atom is -0.245 e. The Morgan fingerprint density at radius 3 is 1.33 bits per heavy atom. The van der Waals surface area contributed by atoms with Crippen LogP contribution < -0.4 is 0 Å². The molecule has 0 aliphatic heterocycles. The van der Waals surface area contributed by atoms with Crippen molar-refractivity contribution in [3.8, 4) is 22.8 Å². The zero-order valence-corrected chi connectivity index (χ0v) is 23.4. The monoisotopic (exact) mass is 591 g/mol. The maximum absolute atomic E-state index is 13.9. The molecule has 0 aliphatic carbocycles. The summed E-state index contributed by atoms with van der Waals surface area (Å²) in [4.78, 5) is 13.8. The minimum absolute atomic E-state index is 0.103. The predicted octanol–water partition coefficient (Wildman–Crippen LogP) is 5.59. The van der Waals surface area contributed by atoms with Gasteiger partial charge in [0.25, 0.3) is 20.0 Å². The Morgan fingerprint density at radius 1 is 0.476 bits per heavy atom. The summed E-state index contributed by atoms with van der Waals surface area (Å²) in [5, 5.41) is 1.23. The number of nitrogens with zero attached hydrogens (tertiary/aromatic N) is 5. The fraction of sp³-hybridized carbons (Fsp3) is 0. The van der Waals surface area contributed by atoms with Gasteiger partial charge in [-0.1, -0.05) is 42.5 Å². The highest BCUT2D eigenvalue weighted by Gasteiger charge is 2.27. The molecule has 7 rings (SSSR count). The molecular formula is C31H21N5O4S2. The zero-order chi connectivity index (χ0) is 28.9. The van der Waals surface area contributed by atoms with E-state index < -0.39 is 20.0 Å². The molecule has 7 aromatic rings. The lowest BCUT2D eigenvalue weighted by Crippen LogP contribution is -2.16. The van der Waals surface area contributed by atoms with Gasteiger partial charge in [0.05, 0.1) is 32.6 Å². The van der Waals surface area contributed by atoms with E-state index in [0.29, 0.717) is 33.5 Å². The van der Waals surface area contributed by atoms with Crippen molar-refractivity contribution in [1.29, 1.82) is 0 Å². The largest absolute Gasteiger partial charge is 0.269 e. The minimum atomic E-state index is -4.06. The molecule has 9 nitrogen and oxygen atoms in total. The highest BCUT2D eigenvalue weighted by Crippen LogP contribution is 2.34. The van der Waals surface area contributed by atoms with Crippen LogP contribution in [0, 0.1) is 0 Å². The molecule has 0 saturated heterocycles. The van der Waals surface area contributed by atoms with Crippen molar-refractivity contribution < 1.29 is 16.8 Å². The molecular weight excluding hydrogens is 571 g/mol. The number of hydrogen-bond acceptors (Lipinski definition) is 7. The van der Waals surface area contributed by atoms with E-state index in [0.717, 1.165) is 0 Å². The lowest BCUT2D eigenvalue weighted by Gasteiger charge is -2.13. The van der Waals surface area contributed by atoms with Gasteiger partial charge in [0, 0.05) is 23.2 Å². The summed E-state index contributed by atoms with van der Waals surface area (Å²) >= 11 is 0. The molecule has 5 aromatic heterocycles. The molecule has 0 fully saturated rings. The van der Waals surface area contributed by atoms with E-state index in [-0.39, 0.29) is 21.1 Å². The second-order valence-electron chi connectivity index (χ2n) is 9.46. The SMILES string of the molecule is O=S(=O)(c1ccccc1)n1c(-c2cccc(-c3cc4cccnc4n3S(=O)(=O)c3ccccc3)n2)cc2cccnc21. The van der Waals surface area contributed by atoms with Crippen molar-refractivity contribution in [2.45, 2.75) is 9.79 Å². The molecule has 5 heterocycles. The van der Waals surface area contributed by atoms with E-state index in [4.69, 9.17) is 4.98 Å². The van der Waals surface area contributed by atoms with Crippen molar-refractivity contribution in [2.75, 3.05) is 0 Å². The van der Waals surface area contributed by atoms with E-state index in [1.165, 1.54) is 44.6 Å². The second-order valence-corrected chi connectivity index (χ2v) is 13.0. The van der Waals surface area contributed by atoms with Crippen LogP contribution in [0.5, 0.6) is 0 Å². The number of hydrogen-bond donors (Lipinski definition) is 0. The van der Waals surface area contributed by atoms with Crippen molar-refractivity contribution >= 4 is 42.1 Å². The van der Waals surface area contributed by atoms with Crippen LogP contribution in [0.15, 0.2) is 137 Å². The standard InChI is InChI=1S/C31H21N5O4S2/c37-41(38,24-12-3-1-4-13-24)35-28(20-22-10-8-18-32-30(22)35)26-16-7-17-27(34-26)29-21-23-11-9-19-33-31(23)36(29)42(39,40)25-14-5-2-6-15-25/h1-21H. The summed E-state index contributed by atoms with van der Waals surface area (Å²) in [5.74, 6) is 0. The maximum atomic E-state index is 13.9. The first-order valence-corrected chi connectivity index (χ1v) is 15.8. The van der Waals surface area contributed by atoms with Crippen molar-refractivity contribution in [3.63, 3.8) is 0 Å². The van der Waals surface area contributed by atoms with Crippen LogP contribution in [0.3, 0.4) is 0 Å². The van der Waals surface area contributed by atoms with Crippen LogP contribution >= 0.6 is 0 Å². The molecule has 0 atom stereocenters. The van der Waals surface area contributed by atoms with Gasteiger partial charge in [-0.25, -0.2) is 39.7 Å². The normalized spacial score (nSPS) is 12.2. The van der Waals surface area contributed by atoms with Gasteiger partial charge in [-0.2, -0.15) is 0 Å². The van der Waals surface area contributed by atoms with Gasteiger partial charge in [0.1, 0.15) is 0 Å². The van der Waals surface area contributed by atoms with Crippen LogP contribution in [-0.4, -0.2) is 39.7 Å². The summed E-state index contributed by atoms with van der Waals surface area (Å²) in [5.41, 5.74) is 1.75. The van der Waals surface area contributed by atoms with Gasteiger partial charge in [-0.05, 0) is 72.8 Å². The third-order valence-corrected chi connectivity index (χ3v) is 10.3. The Morgan fingerprint density at radius 2 is 0.905 bits per heavy atom. The summed E-state index contributed by atoms with van der Waals surface area (Å²) in [6.45, 7) is 0. The van der Waals surface area contributed by atoms with E-state index in [9.17, 15) is 16.8 Å². The topological polar surface area (TPSA) is 117 Å². The Kier molecular flexibility index (Phi) is 5.99. The molecule has 206 valence electrons. The Balaban J connectivity index is 1.47. The molecule has 0 N–H and O–H groups in total. The molecule has 42 heavy (non-hydrogen) atoms. The van der Waals surface area contributed by atoms with E-state index in [2.05, 4.69) is 9.97 Å². The smallest absolute Gasteiger partial charge is 0.245 e. The molecule has 11 heteroatoms. The molecule has 0 bridgehead atoms. The number of rotatable bonds is 6. The first-order chi connectivity index (χ1) is 20.4. The average Bonchev–Trinajstić information content (AvgIpc) is 3.62. The first-order valence-electron chi connectivity index (χ1n) is 12.9. The first kappa shape index (κ1) is 25.8. The van der Waals surface area contributed by atoms with Crippen LogP contribution in [0.2, 0.25) is 0 Å². The molecule has 0 spiro atoms. The van der Waals surface area contributed by atoms with Crippen molar-refractivity contribution in [3.05, 3.63) is 128 Å². The van der Waals surface area contributed by atoms with E-state index >= 15 is 0 Å². The summed E-state index contributed by atoms with van der Waals surface area (Å²) < 4.78 is 58.0. The number of benzene rings is 2. The van der Waals surface area contributed by atoms with Crippen LogP contribution in [0.4, 0.5) is 0 Å². The fourth-order valence-corrected chi connectivity index (χ4v) is 7.98. The van der Waals surface area contributed by atoms with E-state index in [1.807, 2.05) is 0 Å². The maximum Gasteiger partial charge on any atom is 0.269 e. The lowest BCUT2D eigenvalue weighted by atomic mass is 10.2. The summed E-state index contributed by atoms with van der Waals surface area (Å²) in [6, 6.07) is 31.8.